The van der Waals surface area contributed by atoms with Crippen molar-refractivity contribution in [1.82, 2.24) is 5.32 Å². The number of carbonyl (C=O) groups excluding carboxylic acids is 1. The molecule has 38 heavy (non-hydrogen) atoms. The van der Waals surface area contributed by atoms with Gasteiger partial charge in [0.1, 0.15) is 0 Å². The van der Waals surface area contributed by atoms with E-state index in [0.717, 1.165) is 25.7 Å². The maximum atomic E-state index is 12.3. The molecule has 0 aliphatic rings. The first-order chi connectivity index (χ1) is 18.5. The lowest BCUT2D eigenvalue weighted by molar-refractivity contribution is -0.125. The van der Waals surface area contributed by atoms with Crippen molar-refractivity contribution in [2.24, 2.45) is 0 Å². The number of aliphatic hydroxyl groups is 3. The van der Waals surface area contributed by atoms with Gasteiger partial charge in [-0.3, -0.25) is 4.79 Å². The predicted octanol–water partition coefficient (Wildman–Crippen LogP) is 8.37. The molecule has 0 aromatic heterocycles. The van der Waals surface area contributed by atoms with Crippen molar-refractivity contribution in [3.63, 3.8) is 0 Å². The molecule has 0 spiro atoms. The van der Waals surface area contributed by atoms with Gasteiger partial charge in [-0.25, -0.2) is 0 Å². The topological polar surface area (TPSA) is 89.8 Å². The van der Waals surface area contributed by atoms with Gasteiger partial charge in [0.15, 0.2) is 0 Å². The lowest BCUT2D eigenvalue weighted by Gasteiger charge is -2.23. The smallest absolute Gasteiger partial charge is 0.222 e. The highest BCUT2D eigenvalue weighted by molar-refractivity contribution is 5.76. The summed E-state index contributed by atoms with van der Waals surface area (Å²) >= 11 is 0. The molecule has 0 aromatic carbocycles. The zero-order valence-electron chi connectivity index (χ0n) is 25.6. The van der Waals surface area contributed by atoms with Gasteiger partial charge >= 0.3 is 0 Å². The Bertz CT molecular complexity index is 488. The van der Waals surface area contributed by atoms with Gasteiger partial charge in [-0.05, 0) is 12.8 Å². The van der Waals surface area contributed by atoms with Crippen molar-refractivity contribution >= 4 is 5.91 Å². The highest BCUT2D eigenvalue weighted by atomic mass is 16.3. The van der Waals surface area contributed by atoms with E-state index < -0.39 is 18.2 Å². The highest BCUT2D eigenvalue weighted by Gasteiger charge is 2.21. The minimum Gasteiger partial charge on any atom is -0.394 e. The van der Waals surface area contributed by atoms with E-state index in [-0.39, 0.29) is 18.9 Å². The third-order valence-electron chi connectivity index (χ3n) is 7.92. The van der Waals surface area contributed by atoms with Gasteiger partial charge in [-0.1, -0.05) is 162 Å². The molecule has 0 aliphatic heterocycles. The van der Waals surface area contributed by atoms with Crippen LogP contribution in [0, 0.1) is 0 Å². The van der Waals surface area contributed by atoms with Crippen LogP contribution in [0.15, 0.2) is 0 Å². The second-order valence-corrected chi connectivity index (χ2v) is 11.8. The summed E-state index contributed by atoms with van der Waals surface area (Å²) in [5, 5.41) is 33.0. The largest absolute Gasteiger partial charge is 0.394 e. The van der Waals surface area contributed by atoms with E-state index in [2.05, 4.69) is 19.2 Å². The first-order valence-electron chi connectivity index (χ1n) is 16.8. The third kappa shape index (κ3) is 25.6. The monoisotopic (exact) mass is 542 g/mol. The molecule has 0 fully saturated rings. The number of carbonyl (C=O) groups is 1. The summed E-state index contributed by atoms with van der Waals surface area (Å²) in [7, 11) is 0. The molecule has 3 unspecified atom stereocenters. The summed E-state index contributed by atoms with van der Waals surface area (Å²) in [4.78, 5) is 12.3. The molecule has 3 atom stereocenters. The first kappa shape index (κ1) is 37.4. The van der Waals surface area contributed by atoms with E-state index in [4.69, 9.17) is 0 Å². The molecule has 0 saturated carbocycles. The van der Waals surface area contributed by atoms with Gasteiger partial charge in [0, 0.05) is 0 Å². The van der Waals surface area contributed by atoms with Gasteiger partial charge in [0.25, 0.3) is 0 Å². The van der Waals surface area contributed by atoms with E-state index >= 15 is 0 Å². The Balaban J connectivity index is 3.69. The zero-order chi connectivity index (χ0) is 28.1. The van der Waals surface area contributed by atoms with Crippen LogP contribution in [0.3, 0.4) is 0 Å². The van der Waals surface area contributed by atoms with E-state index in [1.54, 1.807) is 0 Å². The van der Waals surface area contributed by atoms with Crippen LogP contribution in [0.1, 0.15) is 181 Å². The molecular weight excluding hydrogens is 474 g/mol. The predicted molar refractivity (Wildman–Crippen MR) is 162 cm³/mol. The number of rotatable bonds is 30. The molecular formula is C33H67NO4. The number of hydrogen-bond donors (Lipinski definition) is 4. The van der Waals surface area contributed by atoms with Crippen molar-refractivity contribution < 1.29 is 20.1 Å². The second kappa shape index (κ2) is 29.3. The average molecular weight is 542 g/mol. The van der Waals surface area contributed by atoms with Gasteiger partial charge < -0.3 is 20.6 Å². The SMILES string of the molecule is CCCCCCCCCCCCCCCC(O)C(CO)NC(=O)CC(O)CCCCCCCCCCCC. The fourth-order valence-electron chi connectivity index (χ4n) is 5.29. The van der Waals surface area contributed by atoms with E-state index in [1.165, 1.54) is 122 Å². The highest BCUT2D eigenvalue weighted by Crippen LogP contribution is 2.15. The average Bonchev–Trinajstić information content (AvgIpc) is 2.90. The minimum atomic E-state index is -0.740. The Hall–Kier alpha value is -0.650. The van der Waals surface area contributed by atoms with E-state index in [0.29, 0.717) is 12.8 Å². The first-order valence-corrected chi connectivity index (χ1v) is 16.8. The maximum absolute atomic E-state index is 12.3. The summed E-state index contributed by atoms with van der Waals surface area (Å²) in [5.74, 6) is -0.284. The molecule has 0 aliphatic carbocycles. The Morgan fingerprint density at radius 3 is 1.26 bits per heavy atom. The summed E-state index contributed by atoms with van der Waals surface area (Å²) in [6, 6.07) is -0.649. The van der Waals surface area contributed by atoms with Crippen molar-refractivity contribution in [2.75, 3.05) is 6.61 Å². The van der Waals surface area contributed by atoms with Crippen LogP contribution < -0.4 is 5.32 Å². The van der Waals surface area contributed by atoms with Crippen LogP contribution >= 0.6 is 0 Å². The molecule has 0 aromatic rings. The molecule has 0 saturated heterocycles. The summed E-state index contributed by atoms with van der Waals surface area (Å²) in [6.07, 6.45) is 29.0. The molecule has 228 valence electrons. The zero-order valence-corrected chi connectivity index (χ0v) is 25.6. The van der Waals surface area contributed by atoms with Gasteiger partial charge in [-0.2, -0.15) is 0 Å². The fraction of sp³-hybridized carbons (Fsp3) is 0.970. The number of aliphatic hydroxyl groups excluding tert-OH is 3. The lowest BCUT2D eigenvalue weighted by atomic mass is 10.0. The summed E-state index contributed by atoms with van der Waals surface area (Å²) in [5.41, 5.74) is 0. The van der Waals surface area contributed by atoms with Crippen molar-refractivity contribution in [3.05, 3.63) is 0 Å². The van der Waals surface area contributed by atoms with Gasteiger partial charge in [-0.15, -0.1) is 0 Å². The summed E-state index contributed by atoms with van der Waals surface area (Å²) < 4.78 is 0. The van der Waals surface area contributed by atoms with Crippen LogP contribution in [-0.2, 0) is 4.79 Å². The molecule has 0 radical (unpaired) electrons. The van der Waals surface area contributed by atoms with Crippen LogP contribution in [0.5, 0.6) is 0 Å². The quantitative estimate of drug-likeness (QED) is 0.0688. The van der Waals surface area contributed by atoms with E-state index in [1.807, 2.05) is 0 Å². The van der Waals surface area contributed by atoms with Crippen LogP contribution in [0.25, 0.3) is 0 Å². The molecule has 5 heteroatoms. The Kier molecular flexibility index (Phi) is 28.8. The van der Waals surface area contributed by atoms with E-state index in [9.17, 15) is 20.1 Å². The number of hydrogen-bond acceptors (Lipinski definition) is 4. The normalized spacial score (nSPS) is 13.9. The lowest BCUT2D eigenvalue weighted by Crippen LogP contribution is -2.46. The molecule has 5 nitrogen and oxygen atoms in total. The van der Waals surface area contributed by atoms with Crippen LogP contribution in [0.4, 0.5) is 0 Å². The summed E-state index contributed by atoms with van der Waals surface area (Å²) in [6.45, 7) is 4.23. The fourth-order valence-corrected chi connectivity index (χ4v) is 5.29. The van der Waals surface area contributed by atoms with Crippen molar-refractivity contribution in [1.29, 1.82) is 0 Å². The molecule has 1 amide bonds. The molecule has 0 heterocycles. The number of amides is 1. The number of unbranched alkanes of at least 4 members (excludes halogenated alkanes) is 21. The molecule has 0 rings (SSSR count). The van der Waals surface area contributed by atoms with Gasteiger partial charge in [0.2, 0.25) is 5.91 Å². The van der Waals surface area contributed by atoms with Gasteiger partial charge in [0.05, 0.1) is 31.3 Å². The second-order valence-electron chi connectivity index (χ2n) is 11.8. The maximum Gasteiger partial charge on any atom is 0.222 e. The van der Waals surface area contributed by atoms with Crippen molar-refractivity contribution in [3.8, 4) is 0 Å². The van der Waals surface area contributed by atoms with Crippen LogP contribution in [0.2, 0.25) is 0 Å². The van der Waals surface area contributed by atoms with Crippen molar-refractivity contribution in [2.45, 2.75) is 199 Å². The minimum absolute atomic E-state index is 0.0411. The molecule has 4 N–H and O–H groups in total. The Labute approximate surface area is 237 Å². The molecule has 0 bridgehead atoms. The Morgan fingerprint density at radius 1 is 0.553 bits per heavy atom. The van der Waals surface area contributed by atoms with Crippen LogP contribution in [-0.4, -0.2) is 46.1 Å². The standard InChI is InChI=1S/C33H67NO4/c1-3-5-7-9-11-13-15-16-17-19-21-23-25-27-32(37)31(29-35)34-33(38)28-30(36)26-24-22-20-18-14-12-10-8-6-4-2/h30-32,35-37H,3-29H2,1-2H3,(H,34,38). The number of nitrogens with one attached hydrogen (secondary N) is 1. The Morgan fingerprint density at radius 2 is 0.895 bits per heavy atom. The third-order valence-corrected chi connectivity index (χ3v) is 7.92.